The topological polar surface area (TPSA) is 38.0 Å². The predicted octanol–water partition coefficient (Wildman–Crippen LogP) is 2.67. The van der Waals surface area contributed by atoms with Gasteiger partial charge in [-0.15, -0.1) is 6.58 Å². The van der Waals surface area contributed by atoms with E-state index < -0.39 is 0 Å². The van der Waals surface area contributed by atoms with Crippen molar-refractivity contribution in [1.82, 2.24) is 5.43 Å². The third-order valence-electron chi connectivity index (χ3n) is 1.95. The summed E-state index contributed by atoms with van der Waals surface area (Å²) in [4.78, 5) is 0. The molecule has 0 aliphatic carbocycles. The van der Waals surface area contributed by atoms with Crippen LogP contribution in [0.25, 0.3) is 0 Å². The SMILES string of the molecule is C=CCC(NN)c1c(F)cccc1Br. The summed E-state index contributed by atoms with van der Waals surface area (Å²) in [7, 11) is 0. The first-order chi connectivity index (χ1) is 6.70. The van der Waals surface area contributed by atoms with Crippen LogP contribution in [0, 0.1) is 5.82 Å². The van der Waals surface area contributed by atoms with E-state index in [2.05, 4.69) is 27.9 Å². The van der Waals surface area contributed by atoms with Crippen LogP contribution in [0.15, 0.2) is 35.3 Å². The molecule has 0 aromatic heterocycles. The normalized spacial score (nSPS) is 12.5. The molecule has 1 atom stereocenters. The van der Waals surface area contributed by atoms with Crippen molar-refractivity contribution in [3.63, 3.8) is 0 Å². The first-order valence-corrected chi connectivity index (χ1v) is 5.01. The molecule has 76 valence electrons. The van der Waals surface area contributed by atoms with E-state index in [9.17, 15) is 4.39 Å². The van der Waals surface area contributed by atoms with Gasteiger partial charge in [0.05, 0.1) is 6.04 Å². The van der Waals surface area contributed by atoms with Crippen LogP contribution in [0.2, 0.25) is 0 Å². The molecule has 0 bridgehead atoms. The third kappa shape index (κ3) is 2.41. The molecule has 1 unspecified atom stereocenters. The van der Waals surface area contributed by atoms with Crippen molar-refractivity contribution in [1.29, 1.82) is 0 Å². The highest BCUT2D eigenvalue weighted by molar-refractivity contribution is 9.10. The maximum absolute atomic E-state index is 13.5. The third-order valence-corrected chi connectivity index (χ3v) is 2.64. The number of halogens is 2. The van der Waals surface area contributed by atoms with Crippen molar-refractivity contribution in [3.8, 4) is 0 Å². The maximum atomic E-state index is 13.5. The standard InChI is InChI=1S/C10H12BrFN2/c1-2-4-9(14-13)10-7(11)5-3-6-8(10)12/h2-3,5-6,9,14H,1,4,13H2. The van der Waals surface area contributed by atoms with Crippen LogP contribution >= 0.6 is 15.9 Å². The molecule has 0 fully saturated rings. The number of hydrogen-bond donors (Lipinski definition) is 2. The number of nitrogens with two attached hydrogens (primary N) is 1. The van der Waals surface area contributed by atoms with Crippen LogP contribution in [-0.4, -0.2) is 0 Å². The maximum Gasteiger partial charge on any atom is 0.129 e. The van der Waals surface area contributed by atoms with Crippen molar-refractivity contribution in [2.45, 2.75) is 12.5 Å². The number of nitrogens with one attached hydrogen (secondary N) is 1. The zero-order valence-corrected chi connectivity index (χ0v) is 9.22. The Morgan fingerprint density at radius 1 is 1.64 bits per heavy atom. The molecule has 0 saturated carbocycles. The van der Waals surface area contributed by atoms with Gasteiger partial charge in [-0.05, 0) is 18.6 Å². The van der Waals surface area contributed by atoms with E-state index in [1.54, 1.807) is 18.2 Å². The van der Waals surface area contributed by atoms with Gasteiger partial charge in [0, 0.05) is 10.0 Å². The average molecular weight is 259 g/mol. The average Bonchev–Trinajstić information content (AvgIpc) is 2.16. The zero-order valence-electron chi connectivity index (χ0n) is 7.63. The van der Waals surface area contributed by atoms with E-state index in [0.717, 1.165) is 0 Å². The van der Waals surface area contributed by atoms with Gasteiger partial charge in [-0.3, -0.25) is 11.3 Å². The van der Waals surface area contributed by atoms with Crippen LogP contribution < -0.4 is 11.3 Å². The van der Waals surface area contributed by atoms with Crippen molar-refractivity contribution in [2.75, 3.05) is 0 Å². The highest BCUT2D eigenvalue weighted by Gasteiger charge is 2.15. The number of rotatable bonds is 4. The molecule has 1 aromatic carbocycles. The Bertz CT molecular complexity index is 308. The van der Waals surface area contributed by atoms with Crippen molar-refractivity contribution in [2.24, 2.45) is 5.84 Å². The Morgan fingerprint density at radius 2 is 2.36 bits per heavy atom. The molecule has 2 nitrogen and oxygen atoms in total. The smallest absolute Gasteiger partial charge is 0.129 e. The van der Waals surface area contributed by atoms with Crippen molar-refractivity contribution >= 4 is 15.9 Å². The Hall–Kier alpha value is -0.710. The minimum absolute atomic E-state index is 0.247. The van der Waals surface area contributed by atoms with Gasteiger partial charge in [-0.2, -0.15) is 0 Å². The minimum Gasteiger partial charge on any atom is -0.271 e. The van der Waals surface area contributed by atoms with Crippen LogP contribution in [0.3, 0.4) is 0 Å². The van der Waals surface area contributed by atoms with Crippen LogP contribution in [0.1, 0.15) is 18.0 Å². The lowest BCUT2D eigenvalue weighted by atomic mass is 10.0. The lowest BCUT2D eigenvalue weighted by Crippen LogP contribution is -2.28. The lowest BCUT2D eigenvalue weighted by Gasteiger charge is -2.16. The summed E-state index contributed by atoms with van der Waals surface area (Å²) < 4.78 is 14.2. The molecule has 1 rings (SSSR count). The molecule has 0 spiro atoms. The van der Waals surface area contributed by atoms with Gasteiger partial charge < -0.3 is 0 Å². The van der Waals surface area contributed by atoms with E-state index >= 15 is 0 Å². The highest BCUT2D eigenvalue weighted by Crippen LogP contribution is 2.27. The summed E-state index contributed by atoms with van der Waals surface area (Å²) >= 11 is 3.29. The fraction of sp³-hybridized carbons (Fsp3) is 0.200. The molecule has 0 amide bonds. The van der Waals surface area contributed by atoms with E-state index in [4.69, 9.17) is 5.84 Å². The number of hydrogen-bond acceptors (Lipinski definition) is 2. The molecule has 1 aromatic rings. The van der Waals surface area contributed by atoms with E-state index in [0.29, 0.717) is 16.5 Å². The second-order valence-electron chi connectivity index (χ2n) is 2.88. The quantitative estimate of drug-likeness (QED) is 0.495. The number of hydrazine groups is 1. The summed E-state index contributed by atoms with van der Waals surface area (Å²) in [6.07, 6.45) is 2.28. The summed E-state index contributed by atoms with van der Waals surface area (Å²) in [6, 6.07) is 4.59. The molecule has 3 N–H and O–H groups in total. The Balaban J connectivity index is 3.07. The summed E-state index contributed by atoms with van der Waals surface area (Å²) in [5.41, 5.74) is 3.10. The molecular formula is C10H12BrFN2. The van der Waals surface area contributed by atoms with Gasteiger partial charge in [0.15, 0.2) is 0 Å². The zero-order chi connectivity index (χ0) is 10.6. The van der Waals surface area contributed by atoms with Gasteiger partial charge in [-0.25, -0.2) is 4.39 Å². The minimum atomic E-state index is -0.274. The van der Waals surface area contributed by atoms with Gasteiger partial charge in [0.2, 0.25) is 0 Å². The first-order valence-electron chi connectivity index (χ1n) is 4.21. The van der Waals surface area contributed by atoms with Crippen LogP contribution in [-0.2, 0) is 0 Å². The lowest BCUT2D eigenvalue weighted by molar-refractivity contribution is 0.514. The molecular weight excluding hydrogens is 247 g/mol. The molecule has 0 saturated heterocycles. The fourth-order valence-electron chi connectivity index (χ4n) is 1.28. The summed E-state index contributed by atoms with van der Waals surface area (Å²) in [5.74, 6) is 5.07. The Kier molecular flexibility index (Phi) is 4.25. The van der Waals surface area contributed by atoms with Crippen LogP contribution in [0.4, 0.5) is 4.39 Å². The summed E-state index contributed by atoms with van der Waals surface area (Å²) in [6.45, 7) is 3.60. The van der Waals surface area contributed by atoms with E-state index in [-0.39, 0.29) is 11.9 Å². The van der Waals surface area contributed by atoms with Crippen molar-refractivity contribution in [3.05, 3.63) is 46.7 Å². The Morgan fingerprint density at radius 3 is 2.86 bits per heavy atom. The molecule has 14 heavy (non-hydrogen) atoms. The molecule has 0 radical (unpaired) electrons. The summed E-state index contributed by atoms with van der Waals surface area (Å²) in [5, 5.41) is 0. The predicted molar refractivity (Wildman–Crippen MR) is 59.0 cm³/mol. The largest absolute Gasteiger partial charge is 0.271 e. The van der Waals surface area contributed by atoms with Gasteiger partial charge in [0.25, 0.3) is 0 Å². The molecule has 4 heteroatoms. The second-order valence-corrected chi connectivity index (χ2v) is 3.73. The van der Waals surface area contributed by atoms with Gasteiger partial charge >= 0.3 is 0 Å². The highest BCUT2D eigenvalue weighted by atomic mass is 79.9. The van der Waals surface area contributed by atoms with Gasteiger partial charge in [0.1, 0.15) is 5.82 Å². The van der Waals surface area contributed by atoms with E-state index in [1.165, 1.54) is 6.07 Å². The molecule has 0 heterocycles. The second kappa shape index (κ2) is 5.24. The first kappa shape index (κ1) is 11.4. The monoisotopic (exact) mass is 258 g/mol. The van der Waals surface area contributed by atoms with E-state index in [1.807, 2.05) is 0 Å². The van der Waals surface area contributed by atoms with Gasteiger partial charge in [-0.1, -0.05) is 28.1 Å². The van der Waals surface area contributed by atoms with Crippen molar-refractivity contribution < 1.29 is 4.39 Å². The van der Waals surface area contributed by atoms with Crippen LogP contribution in [0.5, 0.6) is 0 Å². The number of benzene rings is 1. The Labute approximate surface area is 91.1 Å². The molecule has 0 aliphatic rings. The molecule has 0 aliphatic heterocycles. The fourth-order valence-corrected chi connectivity index (χ4v) is 1.90.